The van der Waals surface area contributed by atoms with E-state index in [1.54, 1.807) is 12.1 Å². The summed E-state index contributed by atoms with van der Waals surface area (Å²) in [6, 6.07) is 7.64. The molecule has 0 bridgehead atoms. The zero-order chi connectivity index (χ0) is 14.6. The molecule has 5 N–H and O–H groups in total. The van der Waals surface area contributed by atoms with Gasteiger partial charge in [-0.1, -0.05) is 51.1 Å². The van der Waals surface area contributed by atoms with Gasteiger partial charge in [-0.3, -0.25) is 14.9 Å². The Kier molecular flexibility index (Phi) is 4.67. The van der Waals surface area contributed by atoms with Crippen LogP contribution in [0.4, 0.5) is 0 Å². The second-order valence-corrected chi connectivity index (χ2v) is 5.61. The number of nitrogens with two attached hydrogens (primary N) is 2. The number of primary amides is 2. The molecular formula is C14H21N3O2. The molecular weight excluding hydrogens is 242 g/mol. The largest absolute Gasteiger partial charge is 0.368 e. The fourth-order valence-electron chi connectivity index (χ4n) is 1.91. The molecule has 2 atom stereocenters. The van der Waals surface area contributed by atoms with Gasteiger partial charge in [-0.05, 0) is 11.0 Å². The number of amides is 2. The highest BCUT2D eigenvalue weighted by molar-refractivity contribution is 5.84. The van der Waals surface area contributed by atoms with Crippen molar-refractivity contribution in [3.05, 3.63) is 35.9 Å². The lowest BCUT2D eigenvalue weighted by Gasteiger charge is -2.31. The van der Waals surface area contributed by atoms with Crippen molar-refractivity contribution < 1.29 is 9.59 Å². The molecule has 2 amide bonds. The van der Waals surface area contributed by atoms with E-state index in [2.05, 4.69) is 5.32 Å². The molecule has 0 aliphatic rings. The second kappa shape index (κ2) is 5.84. The van der Waals surface area contributed by atoms with Crippen molar-refractivity contribution in [1.82, 2.24) is 5.32 Å². The molecule has 0 heterocycles. The molecule has 1 aromatic rings. The summed E-state index contributed by atoms with van der Waals surface area (Å²) in [4.78, 5) is 23.1. The van der Waals surface area contributed by atoms with Crippen LogP contribution in [0.15, 0.2) is 30.3 Å². The Morgan fingerprint density at radius 3 is 1.95 bits per heavy atom. The number of carbonyl (C=O) groups is 2. The van der Waals surface area contributed by atoms with E-state index in [0.29, 0.717) is 5.56 Å². The molecule has 0 unspecified atom stereocenters. The molecule has 1 rings (SSSR count). The molecule has 0 aliphatic carbocycles. The number of benzene rings is 1. The van der Waals surface area contributed by atoms with E-state index < -0.39 is 29.3 Å². The SMILES string of the molecule is CC(C)(C)[C@H](N[C@@H](C(N)=O)c1ccccc1)C(N)=O. The first-order chi connectivity index (χ1) is 8.73. The number of rotatable bonds is 5. The van der Waals surface area contributed by atoms with Crippen LogP contribution < -0.4 is 16.8 Å². The van der Waals surface area contributed by atoms with Gasteiger partial charge in [-0.15, -0.1) is 0 Å². The standard InChI is InChI=1S/C14H21N3O2/c1-14(2,3)11(13(16)19)17-10(12(15)18)9-7-5-4-6-8-9/h4-8,10-11,17H,1-3H3,(H2,15,18)(H2,16,19)/t10-,11-/m1/s1. The fraction of sp³-hybridized carbons (Fsp3) is 0.429. The van der Waals surface area contributed by atoms with Gasteiger partial charge in [0.15, 0.2) is 0 Å². The van der Waals surface area contributed by atoms with Gasteiger partial charge in [0.25, 0.3) is 0 Å². The number of nitrogens with one attached hydrogen (secondary N) is 1. The summed E-state index contributed by atoms with van der Waals surface area (Å²) < 4.78 is 0. The zero-order valence-corrected chi connectivity index (χ0v) is 11.5. The summed E-state index contributed by atoms with van der Waals surface area (Å²) in [5.74, 6) is -1.05. The summed E-state index contributed by atoms with van der Waals surface area (Å²) in [7, 11) is 0. The lowest BCUT2D eigenvalue weighted by molar-refractivity contribution is -0.124. The van der Waals surface area contributed by atoms with Gasteiger partial charge < -0.3 is 11.5 Å². The highest BCUT2D eigenvalue weighted by Crippen LogP contribution is 2.22. The molecule has 5 nitrogen and oxygen atoms in total. The van der Waals surface area contributed by atoms with Gasteiger partial charge in [-0.2, -0.15) is 0 Å². The minimum Gasteiger partial charge on any atom is -0.368 e. The minimum absolute atomic E-state index is 0.408. The number of hydrogen-bond donors (Lipinski definition) is 3. The predicted molar refractivity (Wildman–Crippen MR) is 74.0 cm³/mol. The van der Waals surface area contributed by atoms with Crippen molar-refractivity contribution >= 4 is 11.8 Å². The molecule has 0 spiro atoms. The van der Waals surface area contributed by atoms with Crippen LogP contribution in [0.5, 0.6) is 0 Å². The molecule has 0 radical (unpaired) electrons. The van der Waals surface area contributed by atoms with E-state index >= 15 is 0 Å². The van der Waals surface area contributed by atoms with Crippen LogP contribution in [0, 0.1) is 5.41 Å². The first-order valence-electron chi connectivity index (χ1n) is 6.13. The van der Waals surface area contributed by atoms with Crippen LogP contribution in [-0.4, -0.2) is 17.9 Å². The van der Waals surface area contributed by atoms with E-state index in [1.165, 1.54) is 0 Å². The Morgan fingerprint density at radius 1 is 1.05 bits per heavy atom. The molecule has 0 saturated carbocycles. The third-order valence-electron chi connectivity index (χ3n) is 2.90. The highest BCUT2D eigenvalue weighted by atomic mass is 16.2. The Hall–Kier alpha value is -1.88. The molecule has 5 heteroatoms. The Bertz CT molecular complexity index is 452. The van der Waals surface area contributed by atoms with Gasteiger partial charge in [0, 0.05) is 0 Å². The number of hydrogen-bond acceptors (Lipinski definition) is 3. The average Bonchev–Trinajstić information content (AvgIpc) is 2.28. The summed E-state index contributed by atoms with van der Waals surface area (Å²) >= 11 is 0. The Morgan fingerprint density at radius 2 is 1.58 bits per heavy atom. The zero-order valence-electron chi connectivity index (χ0n) is 11.5. The highest BCUT2D eigenvalue weighted by Gasteiger charge is 2.33. The topological polar surface area (TPSA) is 98.2 Å². The van der Waals surface area contributed by atoms with E-state index in [-0.39, 0.29) is 0 Å². The molecule has 0 fully saturated rings. The molecule has 0 aromatic heterocycles. The lowest BCUT2D eigenvalue weighted by atomic mass is 9.85. The molecule has 104 valence electrons. The summed E-state index contributed by atoms with van der Waals surface area (Å²) in [6.07, 6.45) is 0. The maximum Gasteiger partial charge on any atom is 0.239 e. The lowest BCUT2D eigenvalue weighted by Crippen LogP contribution is -2.53. The van der Waals surface area contributed by atoms with Crippen molar-refractivity contribution in [2.24, 2.45) is 16.9 Å². The normalized spacial score (nSPS) is 14.7. The van der Waals surface area contributed by atoms with Crippen LogP contribution in [0.1, 0.15) is 32.4 Å². The average molecular weight is 263 g/mol. The van der Waals surface area contributed by atoms with Gasteiger partial charge in [0.2, 0.25) is 11.8 Å². The van der Waals surface area contributed by atoms with Gasteiger partial charge >= 0.3 is 0 Å². The molecule has 0 aliphatic heterocycles. The fourth-order valence-corrected chi connectivity index (χ4v) is 1.91. The third-order valence-corrected chi connectivity index (χ3v) is 2.90. The van der Waals surface area contributed by atoms with Crippen LogP contribution in [0.2, 0.25) is 0 Å². The second-order valence-electron chi connectivity index (χ2n) is 5.61. The van der Waals surface area contributed by atoms with Crippen molar-refractivity contribution in [3.63, 3.8) is 0 Å². The minimum atomic E-state index is -0.738. The van der Waals surface area contributed by atoms with Crippen molar-refractivity contribution in [2.75, 3.05) is 0 Å². The maximum atomic E-state index is 11.6. The Labute approximate surface area is 113 Å². The first-order valence-corrected chi connectivity index (χ1v) is 6.13. The van der Waals surface area contributed by atoms with Crippen molar-refractivity contribution in [2.45, 2.75) is 32.9 Å². The van der Waals surface area contributed by atoms with Crippen LogP contribution in [0.3, 0.4) is 0 Å². The monoisotopic (exact) mass is 263 g/mol. The van der Waals surface area contributed by atoms with E-state index in [9.17, 15) is 9.59 Å². The summed E-state index contributed by atoms with van der Waals surface area (Å²) in [6.45, 7) is 5.62. The molecule has 1 aromatic carbocycles. The van der Waals surface area contributed by atoms with Crippen LogP contribution in [-0.2, 0) is 9.59 Å². The van der Waals surface area contributed by atoms with Gasteiger partial charge in [0.1, 0.15) is 6.04 Å². The van der Waals surface area contributed by atoms with E-state index in [1.807, 2.05) is 39.0 Å². The maximum absolute atomic E-state index is 11.6. The van der Waals surface area contributed by atoms with E-state index in [4.69, 9.17) is 11.5 Å². The van der Waals surface area contributed by atoms with Crippen LogP contribution >= 0.6 is 0 Å². The Balaban J connectivity index is 3.02. The quantitative estimate of drug-likeness (QED) is 0.729. The molecule has 0 saturated heterocycles. The smallest absolute Gasteiger partial charge is 0.239 e. The first kappa shape index (κ1) is 15.2. The van der Waals surface area contributed by atoms with Crippen LogP contribution in [0.25, 0.3) is 0 Å². The number of carbonyl (C=O) groups excluding carboxylic acids is 2. The van der Waals surface area contributed by atoms with Gasteiger partial charge in [0.05, 0.1) is 6.04 Å². The third kappa shape index (κ3) is 4.06. The van der Waals surface area contributed by atoms with Crippen molar-refractivity contribution in [1.29, 1.82) is 0 Å². The van der Waals surface area contributed by atoms with Gasteiger partial charge in [-0.25, -0.2) is 0 Å². The summed E-state index contributed by atoms with van der Waals surface area (Å²) in [5, 5.41) is 2.96. The summed E-state index contributed by atoms with van der Waals surface area (Å²) in [5.41, 5.74) is 11.1. The molecule has 19 heavy (non-hydrogen) atoms. The van der Waals surface area contributed by atoms with Crippen molar-refractivity contribution in [3.8, 4) is 0 Å². The van der Waals surface area contributed by atoms with E-state index in [0.717, 1.165) is 0 Å². The predicted octanol–water partition coefficient (Wildman–Crippen LogP) is 0.703.